The van der Waals surface area contributed by atoms with Crippen LogP contribution in [0.1, 0.15) is 62.3 Å². The molecule has 0 radical (unpaired) electrons. The van der Waals surface area contributed by atoms with Gasteiger partial charge in [-0.25, -0.2) is 0 Å². The van der Waals surface area contributed by atoms with Crippen LogP contribution in [0.4, 0.5) is 13.2 Å². The van der Waals surface area contributed by atoms with Crippen LogP contribution in [0.3, 0.4) is 0 Å². The number of fused-ring (bicyclic) bond motifs is 1. The summed E-state index contributed by atoms with van der Waals surface area (Å²) in [5.74, 6) is 0.564. The smallest absolute Gasteiger partial charge is 0.421 e. The number of aromatic nitrogens is 1. The molecule has 172 valence electrons. The highest BCUT2D eigenvalue weighted by atomic mass is 32.1. The minimum Gasteiger partial charge on any atom is -0.494 e. The minimum absolute atomic E-state index is 0.0746. The normalized spacial score (nSPS) is 18.4. The first-order chi connectivity index (χ1) is 14.6. The monoisotopic (exact) mass is 459 g/mol. The van der Waals surface area contributed by atoms with Crippen LogP contribution in [0.25, 0.3) is 0 Å². The summed E-state index contributed by atoms with van der Waals surface area (Å²) >= 11 is 0.930. The van der Waals surface area contributed by atoms with Crippen LogP contribution in [0.15, 0.2) is 16.2 Å². The Labute approximate surface area is 183 Å². The van der Waals surface area contributed by atoms with Crippen LogP contribution in [-0.4, -0.2) is 22.5 Å². The molecule has 1 aromatic heterocycles. The summed E-state index contributed by atoms with van der Waals surface area (Å²) in [5, 5.41) is 11.1. The van der Waals surface area contributed by atoms with Gasteiger partial charge in [0.25, 0.3) is 0 Å². The lowest BCUT2D eigenvalue weighted by Gasteiger charge is -2.28. The van der Waals surface area contributed by atoms with E-state index in [1.165, 1.54) is 9.95 Å². The number of aromatic hydroxyl groups is 1. The summed E-state index contributed by atoms with van der Waals surface area (Å²) < 4.78 is 54.1. The van der Waals surface area contributed by atoms with Gasteiger partial charge in [-0.15, -0.1) is 0 Å². The van der Waals surface area contributed by atoms with E-state index in [2.05, 4.69) is 0 Å². The van der Waals surface area contributed by atoms with Gasteiger partial charge in [-0.2, -0.15) is 13.2 Å². The summed E-state index contributed by atoms with van der Waals surface area (Å²) in [6.45, 7) is 5.54. The van der Waals surface area contributed by atoms with Crippen LogP contribution < -0.4 is 9.61 Å². The predicted octanol–water partition coefficient (Wildman–Crippen LogP) is 5.30. The molecule has 9 heteroatoms. The molecule has 0 aliphatic carbocycles. The lowest BCUT2D eigenvalue weighted by molar-refractivity contribution is -0.272. The van der Waals surface area contributed by atoms with E-state index < -0.39 is 11.8 Å². The number of hydrogen-bond acceptors (Lipinski definition) is 5. The minimum atomic E-state index is -4.51. The lowest BCUT2D eigenvalue weighted by Crippen LogP contribution is -2.39. The fourth-order valence-electron chi connectivity index (χ4n) is 4.02. The van der Waals surface area contributed by atoms with Gasteiger partial charge in [-0.05, 0) is 48.9 Å². The van der Waals surface area contributed by atoms with Gasteiger partial charge in [0.15, 0.2) is 5.60 Å². The molecular formula is C22H28F3NO4S. The van der Waals surface area contributed by atoms with Crippen molar-refractivity contribution >= 4 is 11.3 Å². The van der Waals surface area contributed by atoms with Crippen molar-refractivity contribution in [1.29, 1.82) is 0 Å². The average molecular weight is 460 g/mol. The molecule has 2 aromatic rings. The Morgan fingerprint density at radius 3 is 2.58 bits per heavy atom. The number of alkyl halides is 3. The fourth-order valence-corrected chi connectivity index (χ4v) is 4.66. The molecule has 0 amide bonds. The summed E-state index contributed by atoms with van der Waals surface area (Å²) in [6.07, 6.45) is -1.31. The zero-order valence-corrected chi connectivity index (χ0v) is 18.8. The molecule has 0 saturated carbocycles. The third-order valence-electron chi connectivity index (χ3n) is 5.69. The van der Waals surface area contributed by atoms with Gasteiger partial charge in [0, 0.05) is 12.1 Å². The van der Waals surface area contributed by atoms with Gasteiger partial charge in [-0.1, -0.05) is 38.0 Å². The van der Waals surface area contributed by atoms with Crippen molar-refractivity contribution in [3.63, 3.8) is 0 Å². The number of halogens is 3. The number of benzene rings is 1. The van der Waals surface area contributed by atoms with Gasteiger partial charge in [0.2, 0.25) is 5.88 Å². The molecule has 3 rings (SSSR count). The Bertz CT molecular complexity index is 982. The SMILES string of the molecule is CCCc1cc2c(c(CCC)c1OCCCn1c(O)csc1=O)COC2(C)C(F)(F)F. The lowest BCUT2D eigenvalue weighted by atomic mass is 9.86. The standard InChI is InChI=1S/C22H28F3NO4S/c1-4-7-14-11-17-16(12-30-21(17,3)22(23,24)25)15(8-5-2)19(14)29-10-6-9-26-18(27)13-31-20(26)28/h11,13,27H,4-10,12H2,1-3H3. The second-order valence-corrected chi connectivity index (χ2v) is 8.72. The summed E-state index contributed by atoms with van der Waals surface area (Å²) in [4.78, 5) is 11.5. The molecule has 1 aromatic carbocycles. The Morgan fingerprint density at radius 1 is 1.29 bits per heavy atom. The topological polar surface area (TPSA) is 60.7 Å². The van der Waals surface area contributed by atoms with E-state index in [-0.39, 0.29) is 29.5 Å². The number of rotatable bonds is 9. The first kappa shape index (κ1) is 23.7. The Kier molecular flexibility index (Phi) is 7.05. The van der Waals surface area contributed by atoms with E-state index in [1.807, 2.05) is 13.8 Å². The second kappa shape index (κ2) is 9.24. The zero-order chi connectivity index (χ0) is 22.8. The fraction of sp³-hybridized carbons (Fsp3) is 0.591. The van der Waals surface area contributed by atoms with Crippen LogP contribution in [-0.2, 0) is 36.3 Å². The molecule has 1 aliphatic heterocycles. The van der Waals surface area contributed by atoms with Crippen molar-refractivity contribution in [1.82, 2.24) is 4.57 Å². The van der Waals surface area contributed by atoms with Crippen LogP contribution in [0.5, 0.6) is 11.6 Å². The molecule has 31 heavy (non-hydrogen) atoms. The number of ether oxygens (including phenoxy) is 2. The summed E-state index contributed by atoms with van der Waals surface area (Å²) in [5.41, 5.74) is -0.0193. The van der Waals surface area contributed by atoms with Gasteiger partial charge in [-0.3, -0.25) is 9.36 Å². The molecule has 1 N–H and O–H groups in total. The number of aryl methyl sites for hydroxylation is 1. The van der Waals surface area contributed by atoms with Crippen LogP contribution in [0, 0.1) is 0 Å². The summed E-state index contributed by atoms with van der Waals surface area (Å²) in [7, 11) is 0. The van der Waals surface area contributed by atoms with Crippen molar-refractivity contribution in [2.45, 2.75) is 77.8 Å². The molecule has 0 bridgehead atoms. The Hall–Kier alpha value is -2.00. The quantitative estimate of drug-likeness (QED) is 0.517. The van der Waals surface area contributed by atoms with E-state index in [0.717, 1.165) is 42.2 Å². The van der Waals surface area contributed by atoms with Crippen molar-refractivity contribution in [2.24, 2.45) is 0 Å². The maximum Gasteiger partial charge on any atom is 0.421 e. The third-order valence-corrected chi connectivity index (χ3v) is 6.44. The van der Waals surface area contributed by atoms with Crippen molar-refractivity contribution in [2.75, 3.05) is 6.61 Å². The van der Waals surface area contributed by atoms with E-state index >= 15 is 0 Å². The average Bonchev–Trinajstić information content (AvgIpc) is 3.21. The number of nitrogens with zero attached hydrogens (tertiary/aromatic N) is 1. The predicted molar refractivity (Wildman–Crippen MR) is 113 cm³/mol. The number of hydrogen-bond donors (Lipinski definition) is 1. The van der Waals surface area contributed by atoms with Crippen LogP contribution >= 0.6 is 11.3 Å². The highest BCUT2D eigenvalue weighted by Gasteiger charge is 2.57. The zero-order valence-electron chi connectivity index (χ0n) is 18.0. The Morgan fingerprint density at radius 2 is 2.00 bits per heavy atom. The molecule has 1 aliphatic rings. The highest BCUT2D eigenvalue weighted by molar-refractivity contribution is 7.07. The summed E-state index contributed by atoms with van der Waals surface area (Å²) in [6, 6.07) is 1.60. The first-order valence-electron chi connectivity index (χ1n) is 10.5. The molecule has 5 nitrogen and oxygen atoms in total. The molecule has 0 saturated heterocycles. The van der Waals surface area contributed by atoms with Gasteiger partial charge in [0.1, 0.15) is 5.75 Å². The maximum atomic E-state index is 13.8. The van der Waals surface area contributed by atoms with Gasteiger partial charge < -0.3 is 14.6 Å². The van der Waals surface area contributed by atoms with Gasteiger partial charge in [0.05, 0.1) is 18.6 Å². The molecule has 0 spiro atoms. The van der Waals surface area contributed by atoms with E-state index in [0.29, 0.717) is 37.1 Å². The molecule has 1 unspecified atom stereocenters. The largest absolute Gasteiger partial charge is 0.494 e. The molecule has 0 fully saturated rings. The number of thiazole rings is 1. The second-order valence-electron chi connectivity index (χ2n) is 7.90. The third kappa shape index (κ3) is 4.48. The van der Waals surface area contributed by atoms with E-state index in [1.54, 1.807) is 6.07 Å². The van der Waals surface area contributed by atoms with E-state index in [4.69, 9.17) is 9.47 Å². The van der Waals surface area contributed by atoms with Crippen LogP contribution in [0.2, 0.25) is 0 Å². The van der Waals surface area contributed by atoms with Gasteiger partial charge >= 0.3 is 11.0 Å². The van der Waals surface area contributed by atoms with Crippen molar-refractivity contribution in [3.05, 3.63) is 43.4 Å². The van der Waals surface area contributed by atoms with Crippen molar-refractivity contribution < 1.29 is 27.8 Å². The van der Waals surface area contributed by atoms with E-state index in [9.17, 15) is 23.1 Å². The molecule has 2 heterocycles. The highest BCUT2D eigenvalue weighted by Crippen LogP contribution is 2.51. The maximum absolute atomic E-state index is 13.8. The Balaban J connectivity index is 1.91. The van der Waals surface area contributed by atoms with Crippen molar-refractivity contribution in [3.8, 4) is 11.6 Å². The molecular weight excluding hydrogens is 431 g/mol. The first-order valence-corrected chi connectivity index (χ1v) is 11.4. The molecule has 1 atom stereocenters.